The number of hydrogen-bond acceptors (Lipinski definition) is 5. The summed E-state index contributed by atoms with van der Waals surface area (Å²) in [4.78, 5) is 8.02. The third-order valence-electron chi connectivity index (χ3n) is 1.79. The Balaban J connectivity index is 2.18. The monoisotopic (exact) mass is 202 g/mol. The number of hydrogen-bond donors (Lipinski definition) is 3. The molecule has 0 aromatic carbocycles. The molecule has 0 aliphatic rings. The lowest BCUT2D eigenvalue weighted by molar-refractivity contribution is 0.473. The molecule has 0 amide bonds. The number of nitrogens with two attached hydrogens (primary N) is 1. The fourth-order valence-corrected chi connectivity index (χ4v) is 1.11. The highest BCUT2D eigenvalue weighted by Crippen LogP contribution is 2.15. The molecule has 0 saturated heterocycles. The largest absolute Gasteiger partial charge is 0.506 e. The van der Waals surface area contributed by atoms with Gasteiger partial charge in [0.2, 0.25) is 0 Å². The minimum absolute atomic E-state index is 0.126. The van der Waals surface area contributed by atoms with Crippen molar-refractivity contribution in [2.24, 2.45) is 0 Å². The molecule has 5 heteroatoms. The van der Waals surface area contributed by atoms with Crippen molar-refractivity contribution in [1.29, 1.82) is 0 Å². The summed E-state index contributed by atoms with van der Waals surface area (Å²) in [6.07, 6.45) is 2.96. The predicted octanol–water partition coefficient (Wildman–Crippen LogP) is 1.51. The molecular formula is C10H10N4O. The number of rotatable bonds is 2. The number of nitrogen functional groups attached to an aromatic ring is 1. The fraction of sp³-hybridized carbons (Fsp3) is 0. The molecule has 0 unspecified atom stereocenters. The average molecular weight is 202 g/mol. The maximum Gasteiger partial charge on any atom is 0.134 e. The Bertz CT molecular complexity index is 455. The minimum atomic E-state index is 0.126. The van der Waals surface area contributed by atoms with Gasteiger partial charge in [0, 0.05) is 18.0 Å². The summed E-state index contributed by atoms with van der Waals surface area (Å²) in [5, 5.41) is 12.0. The first-order chi connectivity index (χ1) is 7.24. The maximum absolute atomic E-state index is 9.04. The van der Waals surface area contributed by atoms with Crippen molar-refractivity contribution in [3.63, 3.8) is 0 Å². The van der Waals surface area contributed by atoms with Gasteiger partial charge in [-0.15, -0.1) is 0 Å². The summed E-state index contributed by atoms with van der Waals surface area (Å²) in [6.45, 7) is 0. The van der Waals surface area contributed by atoms with Crippen LogP contribution in [0.1, 0.15) is 0 Å². The molecule has 0 spiro atoms. The Morgan fingerprint density at radius 2 is 2.00 bits per heavy atom. The Morgan fingerprint density at radius 3 is 2.67 bits per heavy atom. The van der Waals surface area contributed by atoms with Crippen molar-refractivity contribution in [2.75, 3.05) is 11.1 Å². The van der Waals surface area contributed by atoms with E-state index in [4.69, 9.17) is 10.8 Å². The number of pyridine rings is 2. The molecule has 0 aliphatic heterocycles. The van der Waals surface area contributed by atoms with E-state index in [2.05, 4.69) is 15.3 Å². The highest BCUT2D eigenvalue weighted by atomic mass is 16.3. The molecule has 76 valence electrons. The van der Waals surface area contributed by atoms with Crippen molar-refractivity contribution in [1.82, 2.24) is 9.97 Å². The van der Waals surface area contributed by atoms with Crippen molar-refractivity contribution in [2.45, 2.75) is 0 Å². The van der Waals surface area contributed by atoms with Gasteiger partial charge in [0.15, 0.2) is 0 Å². The first-order valence-electron chi connectivity index (χ1n) is 4.37. The summed E-state index contributed by atoms with van der Waals surface area (Å²) in [7, 11) is 0. The highest BCUT2D eigenvalue weighted by molar-refractivity contribution is 5.56. The van der Waals surface area contributed by atoms with Crippen LogP contribution in [0.4, 0.5) is 17.3 Å². The molecule has 0 saturated carbocycles. The Hall–Kier alpha value is -2.30. The summed E-state index contributed by atoms with van der Waals surface area (Å²) < 4.78 is 0. The van der Waals surface area contributed by atoms with E-state index in [1.807, 2.05) is 0 Å². The topological polar surface area (TPSA) is 84.1 Å². The van der Waals surface area contributed by atoms with Crippen LogP contribution in [-0.4, -0.2) is 15.1 Å². The SMILES string of the molecule is Nc1ccnc(Nc2ccc(O)cn2)c1. The van der Waals surface area contributed by atoms with Crippen LogP contribution in [0.15, 0.2) is 36.7 Å². The van der Waals surface area contributed by atoms with Crippen LogP contribution in [0.25, 0.3) is 0 Å². The first-order valence-corrected chi connectivity index (χ1v) is 4.37. The van der Waals surface area contributed by atoms with E-state index < -0.39 is 0 Å². The van der Waals surface area contributed by atoms with Gasteiger partial charge in [0.25, 0.3) is 0 Å². The zero-order valence-corrected chi connectivity index (χ0v) is 7.88. The molecule has 2 heterocycles. The lowest BCUT2D eigenvalue weighted by Gasteiger charge is -2.04. The Morgan fingerprint density at radius 1 is 1.13 bits per heavy atom. The van der Waals surface area contributed by atoms with Gasteiger partial charge in [-0.25, -0.2) is 9.97 Å². The van der Waals surface area contributed by atoms with E-state index in [9.17, 15) is 0 Å². The zero-order chi connectivity index (χ0) is 10.7. The first kappa shape index (κ1) is 9.26. The summed E-state index contributed by atoms with van der Waals surface area (Å²) in [5.74, 6) is 1.35. The van der Waals surface area contributed by atoms with Crippen LogP contribution in [0.3, 0.4) is 0 Å². The second-order valence-corrected chi connectivity index (χ2v) is 3.00. The van der Waals surface area contributed by atoms with Crippen LogP contribution in [-0.2, 0) is 0 Å². The predicted molar refractivity (Wildman–Crippen MR) is 57.8 cm³/mol. The molecule has 2 aromatic rings. The van der Waals surface area contributed by atoms with E-state index in [1.54, 1.807) is 30.5 Å². The standard InChI is InChI=1S/C10H10N4O/c11-7-3-4-12-10(5-7)14-9-2-1-8(15)6-13-9/h1-6,15H,(H3,11,12,13,14). The molecular weight excluding hydrogens is 192 g/mol. The van der Waals surface area contributed by atoms with Crippen LogP contribution >= 0.6 is 0 Å². The second kappa shape index (κ2) is 3.83. The quantitative estimate of drug-likeness (QED) is 0.687. The zero-order valence-electron chi connectivity index (χ0n) is 7.88. The average Bonchev–Trinajstić information content (AvgIpc) is 2.22. The summed E-state index contributed by atoms with van der Waals surface area (Å²) in [6, 6.07) is 6.60. The maximum atomic E-state index is 9.04. The molecule has 2 aromatic heterocycles. The van der Waals surface area contributed by atoms with Crippen molar-refractivity contribution >= 4 is 17.3 Å². The molecule has 4 N–H and O–H groups in total. The fourth-order valence-electron chi connectivity index (χ4n) is 1.11. The number of nitrogens with zero attached hydrogens (tertiary/aromatic N) is 2. The second-order valence-electron chi connectivity index (χ2n) is 3.00. The minimum Gasteiger partial charge on any atom is -0.506 e. The van der Waals surface area contributed by atoms with Gasteiger partial charge in [0.1, 0.15) is 17.4 Å². The van der Waals surface area contributed by atoms with Gasteiger partial charge in [-0.3, -0.25) is 0 Å². The number of aromatic hydroxyl groups is 1. The lowest BCUT2D eigenvalue weighted by atomic mass is 10.4. The number of anilines is 3. The molecule has 15 heavy (non-hydrogen) atoms. The molecule has 0 fully saturated rings. The lowest BCUT2D eigenvalue weighted by Crippen LogP contribution is -1.96. The molecule has 0 radical (unpaired) electrons. The van der Waals surface area contributed by atoms with Gasteiger partial charge in [0.05, 0.1) is 6.20 Å². The third kappa shape index (κ3) is 2.34. The van der Waals surface area contributed by atoms with Gasteiger partial charge in [-0.1, -0.05) is 0 Å². The Labute approximate surface area is 86.6 Å². The van der Waals surface area contributed by atoms with Gasteiger partial charge >= 0.3 is 0 Å². The number of nitrogens with one attached hydrogen (secondary N) is 1. The molecule has 0 aliphatic carbocycles. The van der Waals surface area contributed by atoms with Crippen LogP contribution in [0, 0.1) is 0 Å². The van der Waals surface area contributed by atoms with Crippen molar-refractivity contribution < 1.29 is 5.11 Å². The normalized spacial score (nSPS) is 9.87. The molecule has 0 atom stereocenters. The summed E-state index contributed by atoms with van der Waals surface area (Å²) >= 11 is 0. The highest BCUT2D eigenvalue weighted by Gasteiger charge is 1.97. The van der Waals surface area contributed by atoms with E-state index in [0.29, 0.717) is 17.3 Å². The van der Waals surface area contributed by atoms with Gasteiger partial charge in [-0.2, -0.15) is 0 Å². The van der Waals surface area contributed by atoms with Gasteiger partial charge < -0.3 is 16.2 Å². The van der Waals surface area contributed by atoms with E-state index in [-0.39, 0.29) is 5.75 Å². The van der Waals surface area contributed by atoms with E-state index in [0.717, 1.165) is 0 Å². The van der Waals surface area contributed by atoms with Crippen LogP contribution in [0.2, 0.25) is 0 Å². The molecule has 0 bridgehead atoms. The number of aromatic nitrogens is 2. The Kier molecular flexibility index (Phi) is 2.37. The van der Waals surface area contributed by atoms with Crippen LogP contribution < -0.4 is 11.1 Å². The smallest absolute Gasteiger partial charge is 0.134 e. The third-order valence-corrected chi connectivity index (χ3v) is 1.79. The van der Waals surface area contributed by atoms with Crippen molar-refractivity contribution in [3.05, 3.63) is 36.7 Å². The van der Waals surface area contributed by atoms with Gasteiger partial charge in [-0.05, 0) is 18.2 Å². The molecule has 2 rings (SSSR count). The summed E-state index contributed by atoms with van der Waals surface area (Å²) in [5.41, 5.74) is 6.23. The van der Waals surface area contributed by atoms with E-state index >= 15 is 0 Å². The molecule has 5 nitrogen and oxygen atoms in total. The van der Waals surface area contributed by atoms with Crippen molar-refractivity contribution in [3.8, 4) is 5.75 Å². The van der Waals surface area contributed by atoms with E-state index in [1.165, 1.54) is 6.20 Å². The van der Waals surface area contributed by atoms with Crippen LogP contribution in [0.5, 0.6) is 5.75 Å².